The number of oxazole rings is 2. The Kier molecular flexibility index (Phi) is 13.1. The molecule has 3 heterocycles. The van der Waals surface area contributed by atoms with Gasteiger partial charge in [-0.15, -0.1) is 0 Å². The van der Waals surface area contributed by atoms with Gasteiger partial charge in [0, 0.05) is 0 Å². The maximum absolute atomic E-state index is 13.5. The number of aromatic nitrogens is 2. The predicted octanol–water partition coefficient (Wildman–Crippen LogP) is 8.49. The molecule has 1 spiro atoms. The van der Waals surface area contributed by atoms with E-state index in [0.717, 1.165) is 44.3 Å². The van der Waals surface area contributed by atoms with Crippen LogP contribution in [0.4, 0.5) is 16.2 Å². The molecule has 3 fully saturated rings. The highest BCUT2D eigenvalue weighted by Gasteiger charge is 2.59. The lowest BCUT2D eigenvalue weighted by molar-refractivity contribution is -0.125. The Bertz CT molecular complexity index is 2300. The number of hydrogen-bond acceptors (Lipinski definition) is 12. The van der Waals surface area contributed by atoms with Crippen molar-refractivity contribution in [3.8, 4) is 18.2 Å². The zero-order valence-electron chi connectivity index (χ0n) is 31.4. The van der Waals surface area contributed by atoms with E-state index < -0.39 is 11.6 Å². The van der Waals surface area contributed by atoms with E-state index in [1.165, 1.54) is 23.1 Å². The second-order valence-corrected chi connectivity index (χ2v) is 14.6. The first-order chi connectivity index (χ1) is 26.8. The van der Waals surface area contributed by atoms with Crippen LogP contribution >= 0.6 is 23.2 Å². The molecule has 0 bridgehead atoms. The Hall–Kier alpha value is -5.81. The molecule has 2 saturated carbocycles. The van der Waals surface area contributed by atoms with E-state index in [1.54, 1.807) is 50.2 Å². The summed E-state index contributed by atoms with van der Waals surface area (Å²) in [6, 6.07) is 12.1. The summed E-state index contributed by atoms with van der Waals surface area (Å²) in [6.07, 6.45) is 11.8. The Morgan fingerprint density at radius 1 is 0.821 bits per heavy atom. The van der Waals surface area contributed by atoms with E-state index in [1.807, 2.05) is 19.1 Å². The van der Waals surface area contributed by atoms with E-state index >= 15 is 0 Å². The second-order valence-electron chi connectivity index (χ2n) is 13.8. The minimum absolute atomic E-state index is 0.137. The Morgan fingerprint density at radius 2 is 1.38 bits per heavy atom. The van der Waals surface area contributed by atoms with Crippen LogP contribution in [-0.2, 0) is 22.7 Å². The van der Waals surface area contributed by atoms with Crippen molar-refractivity contribution in [1.82, 2.24) is 20.2 Å². The van der Waals surface area contributed by atoms with Gasteiger partial charge in [-0.05, 0) is 88.8 Å². The van der Waals surface area contributed by atoms with Crippen molar-refractivity contribution in [2.75, 3.05) is 4.90 Å². The first-order valence-electron chi connectivity index (χ1n) is 17.9. The number of carbonyl (C=O) groups excluding carboxylic acids is 3. The number of urea groups is 1. The summed E-state index contributed by atoms with van der Waals surface area (Å²) in [5, 5.41) is 30.8. The predicted molar refractivity (Wildman–Crippen MR) is 205 cm³/mol. The molecular weight excluding hydrogens is 757 g/mol. The highest BCUT2D eigenvalue weighted by molar-refractivity contribution is 6.34. The van der Waals surface area contributed by atoms with E-state index in [9.17, 15) is 19.6 Å². The monoisotopic (exact) mass is 795 g/mol. The third-order valence-electron chi connectivity index (χ3n) is 10.2. The van der Waals surface area contributed by atoms with Gasteiger partial charge in [0.25, 0.3) is 5.91 Å². The fourth-order valence-corrected chi connectivity index (χ4v) is 7.57. The molecule has 14 nitrogen and oxygen atoms in total. The average molecular weight is 797 g/mol. The number of rotatable bonds is 7. The number of halogens is 2. The maximum Gasteiger partial charge on any atom is 0.332 e. The summed E-state index contributed by atoms with van der Waals surface area (Å²) in [6.45, 7) is 7.73. The highest BCUT2D eigenvalue weighted by Crippen LogP contribution is 2.45. The molecule has 288 valence electrons. The van der Waals surface area contributed by atoms with Crippen LogP contribution in [-0.4, -0.2) is 44.0 Å². The van der Waals surface area contributed by atoms with Crippen LogP contribution in [0.5, 0.6) is 0 Å². The van der Waals surface area contributed by atoms with Crippen molar-refractivity contribution in [3.63, 3.8) is 0 Å². The van der Waals surface area contributed by atoms with Gasteiger partial charge in [-0.1, -0.05) is 48.9 Å². The molecule has 3 amide bonds. The Labute approximate surface area is 334 Å². The number of aryl methyl sites for hydroxylation is 2. The number of anilines is 1. The number of nitrogens with zero attached hydrogens (tertiary/aromatic N) is 8. The summed E-state index contributed by atoms with van der Waals surface area (Å²) in [5.74, 6) is 2.28. The first-order valence-corrected chi connectivity index (χ1v) is 18.7. The van der Waals surface area contributed by atoms with E-state index in [0.29, 0.717) is 75.6 Å². The van der Waals surface area contributed by atoms with Crippen LogP contribution in [0.15, 0.2) is 50.5 Å². The number of amides is 3. The molecule has 1 N–H and O–H groups in total. The lowest BCUT2D eigenvalue weighted by Crippen LogP contribution is -2.47. The number of nitriles is 3. The number of carbonyl (C=O) groups is 2. The van der Waals surface area contributed by atoms with Gasteiger partial charge in [-0.2, -0.15) is 20.8 Å². The van der Waals surface area contributed by atoms with Crippen LogP contribution in [0.3, 0.4) is 0 Å². The average Bonchev–Trinajstić information content (AvgIpc) is 4.05. The van der Waals surface area contributed by atoms with Crippen LogP contribution in [0.2, 0.25) is 10.0 Å². The van der Waals surface area contributed by atoms with Crippen molar-refractivity contribution < 1.29 is 23.2 Å². The SMILES string of the molecule is Cc1c(N=C=O)ccc(C#N)c1Cl.Cc1cnc(CN2C(=O)N(c3ccc(C#N)c(Cl)c3C)C(=O)C23CCCC3)o1.Cc1cnc(CNC2(C#N)CCCC2)o1. The summed E-state index contributed by atoms with van der Waals surface area (Å²) >= 11 is 12.1. The molecule has 16 heteroatoms. The van der Waals surface area contributed by atoms with Crippen LogP contribution in [0, 0.1) is 61.7 Å². The van der Waals surface area contributed by atoms with Crippen LogP contribution < -0.4 is 10.2 Å². The molecule has 0 radical (unpaired) electrons. The number of benzene rings is 2. The zero-order valence-corrected chi connectivity index (χ0v) is 32.9. The minimum Gasteiger partial charge on any atom is -0.445 e. The standard InChI is InChI=1S/C20H19ClN4O3.C11H15N3O.C9H5ClN2O/c1-12-10-23-16(28-12)11-24-19(27)25(18(26)20(24)7-3-4-8-20)15-6-5-14(9-22)17(21)13(15)2;1-9-6-13-10(15-9)7-14-11(8-12)4-2-3-5-11;1-6-8(12-5-13)3-2-7(4-11)9(6)10/h5-6,10H,3-4,7-8,11H2,1-2H3;6,14H,2-5,7H2,1H3;2-3H,1H3. The fourth-order valence-electron chi connectivity index (χ4n) is 7.17. The smallest absolute Gasteiger partial charge is 0.332 e. The van der Waals surface area contributed by atoms with E-state index in [2.05, 4.69) is 26.3 Å². The largest absolute Gasteiger partial charge is 0.445 e. The molecule has 1 saturated heterocycles. The quantitative estimate of drug-likeness (QED) is 0.107. The summed E-state index contributed by atoms with van der Waals surface area (Å²) < 4.78 is 10.9. The van der Waals surface area contributed by atoms with E-state index in [4.69, 9.17) is 42.6 Å². The molecular formula is C40H39Cl2N9O5. The fraction of sp³-hybridized carbons (Fsp3) is 0.400. The number of nitrogens with one attached hydrogen (secondary N) is 1. The number of isocyanates is 1. The van der Waals surface area contributed by atoms with Gasteiger partial charge < -0.3 is 8.83 Å². The first kappa shape index (κ1) is 41.4. The van der Waals surface area contributed by atoms with Gasteiger partial charge in [-0.25, -0.2) is 24.5 Å². The molecule has 0 atom stereocenters. The normalized spacial score (nSPS) is 16.3. The van der Waals surface area contributed by atoms with Gasteiger partial charge in [-0.3, -0.25) is 15.0 Å². The van der Waals surface area contributed by atoms with Crippen molar-refractivity contribution in [1.29, 1.82) is 15.8 Å². The van der Waals surface area contributed by atoms with E-state index in [-0.39, 0.29) is 23.0 Å². The van der Waals surface area contributed by atoms with Gasteiger partial charge in [0.05, 0.1) is 57.6 Å². The van der Waals surface area contributed by atoms with Crippen molar-refractivity contribution in [3.05, 3.63) is 92.3 Å². The number of hydrogen-bond donors (Lipinski definition) is 1. The topological polar surface area (TPSA) is 206 Å². The molecule has 2 aromatic carbocycles. The maximum atomic E-state index is 13.5. The third kappa shape index (κ3) is 8.53. The van der Waals surface area contributed by atoms with Crippen molar-refractivity contribution in [2.24, 2.45) is 4.99 Å². The van der Waals surface area contributed by atoms with Crippen LogP contribution in [0.1, 0.15) is 96.9 Å². The Morgan fingerprint density at radius 3 is 1.91 bits per heavy atom. The molecule has 2 aliphatic carbocycles. The number of imide groups is 1. The molecule has 7 rings (SSSR count). The third-order valence-corrected chi connectivity index (χ3v) is 11.2. The molecule has 3 aliphatic rings. The van der Waals surface area contributed by atoms with Crippen LogP contribution in [0.25, 0.3) is 0 Å². The summed E-state index contributed by atoms with van der Waals surface area (Å²) in [5.41, 5.74) is 1.46. The van der Waals surface area contributed by atoms with Gasteiger partial charge in [0.15, 0.2) is 0 Å². The minimum atomic E-state index is -0.883. The van der Waals surface area contributed by atoms with Crippen molar-refractivity contribution in [2.45, 2.75) is 103 Å². The zero-order chi connectivity index (χ0) is 40.6. The molecule has 2 aromatic heterocycles. The van der Waals surface area contributed by atoms with Gasteiger partial charge in [0.1, 0.15) is 41.3 Å². The Balaban J connectivity index is 0.000000180. The molecule has 56 heavy (non-hydrogen) atoms. The van der Waals surface area contributed by atoms with Crippen molar-refractivity contribution >= 4 is 52.6 Å². The van der Waals surface area contributed by atoms with Gasteiger partial charge >= 0.3 is 6.03 Å². The second kappa shape index (κ2) is 17.8. The lowest BCUT2D eigenvalue weighted by atomic mass is 9.95. The summed E-state index contributed by atoms with van der Waals surface area (Å²) in [4.78, 5) is 51.3. The highest BCUT2D eigenvalue weighted by atomic mass is 35.5. The molecule has 4 aromatic rings. The van der Waals surface area contributed by atoms with Gasteiger partial charge in [0.2, 0.25) is 17.9 Å². The lowest BCUT2D eigenvalue weighted by Gasteiger charge is -2.30. The molecule has 0 unspecified atom stereocenters. The molecule has 1 aliphatic heterocycles. The summed E-state index contributed by atoms with van der Waals surface area (Å²) in [7, 11) is 0. The number of aliphatic imine (C=N–C) groups is 1.